The van der Waals surface area contributed by atoms with Crippen LogP contribution >= 0.6 is 23.8 Å². The molecule has 1 heterocycles. The van der Waals surface area contributed by atoms with E-state index in [1.807, 2.05) is 31.2 Å². The number of rotatable bonds is 7. The quantitative estimate of drug-likeness (QED) is 0.576. The third-order valence-electron chi connectivity index (χ3n) is 3.86. The molecule has 3 rings (SSSR count). The molecular weight excluding hydrogens is 375 g/mol. The predicted molar refractivity (Wildman–Crippen MR) is 102 cm³/mol. The summed E-state index contributed by atoms with van der Waals surface area (Å²) in [7, 11) is 0. The molecule has 3 aromatic rings. The second kappa shape index (κ2) is 8.33. The molecule has 0 atom stereocenters. The molecule has 0 saturated heterocycles. The van der Waals surface area contributed by atoms with E-state index in [1.54, 1.807) is 10.7 Å². The number of hydrogen-bond acceptors (Lipinski definition) is 4. The Morgan fingerprint density at radius 1 is 1.27 bits per heavy atom. The number of para-hydroxylation sites is 1. The van der Waals surface area contributed by atoms with Crippen molar-refractivity contribution in [2.45, 2.75) is 26.5 Å². The first kappa shape index (κ1) is 18.4. The lowest BCUT2D eigenvalue weighted by molar-refractivity contribution is 0.303. The average Bonchev–Trinajstić information content (AvgIpc) is 2.99. The first-order valence-corrected chi connectivity index (χ1v) is 8.92. The summed E-state index contributed by atoms with van der Waals surface area (Å²) in [6.45, 7) is 2.77. The summed E-state index contributed by atoms with van der Waals surface area (Å²) < 4.78 is 21.3. The Morgan fingerprint density at radius 2 is 2.08 bits per heavy atom. The zero-order chi connectivity index (χ0) is 18.5. The molecule has 2 aromatic carbocycles. The highest BCUT2D eigenvalue weighted by Crippen LogP contribution is 2.23. The fourth-order valence-electron chi connectivity index (χ4n) is 2.48. The molecule has 0 aliphatic heterocycles. The molecule has 0 aliphatic rings. The lowest BCUT2D eigenvalue weighted by atomic mass is 10.2. The van der Waals surface area contributed by atoms with Crippen LogP contribution < -0.4 is 10.2 Å². The van der Waals surface area contributed by atoms with E-state index in [9.17, 15) is 4.39 Å². The standard InChI is InChI=1S/C18H18ClFN4OS/c1-2-17-22-23-18(26)24(17)21-10-12-5-3-4-6-16(12)25-11-13-7-8-14(20)9-15(13)19/h3-9,21H,2,10-11H2,1H3,(H,23,26). The van der Waals surface area contributed by atoms with E-state index in [0.717, 1.165) is 23.4 Å². The summed E-state index contributed by atoms with van der Waals surface area (Å²) in [5, 5.41) is 7.29. The summed E-state index contributed by atoms with van der Waals surface area (Å²) in [4.78, 5) is 0. The molecule has 8 heteroatoms. The number of halogens is 2. The van der Waals surface area contributed by atoms with E-state index in [2.05, 4.69) is 15.6 Å². The highest BCUT2D eigenvalue weighted by atomic mass is 35.5. The fourth-order valence-corrected chi connectivity index (χ4v) is 2.92. The van der Waals surface area contributed by atoms with Crippen LogP contribution in [0.4, 0.5) is 4.39 Å². The van der Waals surface area contributed by atoms with Gasteiger partial charge in [0.05, 0.1) is 11.6 Å². The number of H-pyrrole nitrogens is 1. The van der Waals surface area contributed by atoms with Gasteiger partial charge >= 0.3 is 0 Å². The minimum atomic E-state index is -0.369. The topological polar surface area (TPSA) is 54.9 Å². The van der Waals surface area contributed by atoms with Crippen LogP contribution in [0.15, 0.2) is 42.5 Å². The van der Waals surface area contributed by atoms with E-state index in [-0.39, 0.29) is 12.4 Å². The number of aryl methyl sites for hydroxylation is 1. The van der Waals surface area contributed by atoms with E-state index in [1.165, 1.54) is 12.1 Å². The van der Waals surface area contributed by atoms with Gasteiger partial charge in [-0.2, -0.15) is 5.10 Å². The zero-order valence-electron chi connectivity index (χ0n) is 14.1. The Hall–Kier alpha value is -2.38. The summed E-state index contributed by atoms with van der Waals surface area (Å²) in [5.41, 5.74) is 4.93. The zero-order valence-corrected chi connectivity index (χ0v) is 15.7. The van der Waals surface area contributed by atoms with Crippen molar-refractivity contribution >= 4 is 23.8 Å². The maximum absolute atomic E-state index is 13.2. The SMILES string of the molecule is CCc1n[nH]c(=S)n1NCc1ccccc1OCc1ccc(F)cc1Cl. The molecule has 136 valence electrons. The first-order valence-electron chi connectivity index (χ1n) is 8.13. The smallest absolute Gasteiger partial charge is 0.214 e. The van der Waals surface area contributed by atoms with Crippen LogP contribution in [0.25, 0.3) is 0 Å². The maximum atomic E-state index is 13.2. The van der Waals surface area contributed by atoms with E-state index in [0.29, 0.717) is 22.1 Å². The Balaban J connectivity index is 1.72. The summed E-state index contributed by atoms with van der Waals surface area (Å²) in [5.74, 6) is 1.17. The van der Waals surface area contributed by atoms with Crippen molar-refractivity contribution in [1.82, 2.24) is 14.9 Å². The monoisotopic (exact) mass is 392 g/mol. The van der Waals surface area contributed by atoms with Crippen LogP contribution in [0.2, 0.25) is 5.02 Å². The van der Waals surface area contributed by atoms with Crippen molar-refractivity contribution in [1.29, 1.82) is 0 Å². The molecule has 0 spiro atoms. The van der Waals surface area contributed by atoms with Crippen molar-refractivity contribution in [3.63, 3.8) is 0 Å². The third-order valence-corrected chi connectivity index (χ3v) is 4.48. The van der Waals surface area contributed by atoms with Crippen molar-refractivity contribution in [3.05, 3.63) is 75.0 Å². The van der Waals surface area contributed by atoms with Gasteiger partial charge in [0.15, 0.2) is 5.82 Å². The van der Waals surface area contributed by atoms with Gasteiger partial charge in [-0.3, -0.25) is 5.10 Å². The average molecular weight is 393 g/mol. The minimum absolute atomic E-state index is 0.251. The molecule has 0 radical (unpaired) electrons. The van der Waals surface area contributed by atoms with E-state index in [4.69, 9.17) is 28.6 Å². The first-order chi connectivity index (χ1) is 12.6. The van der Waals surface area contributed by atoms with Crippen molar-refractivity contribution in [3.8, 4) is 5.75 Å². The Bertz CT molecular complexity index is 956. The Labute approximate surface area is 160 Å². The van der Waals surface area contributed by atoms with Gasteiger partial charge in [-0.25, -0.2) is 9.07 Å². The van der Waals surface area contributed by atoms with Gasteiger partial charge in [-0.15, -0.1) is 0 Å². The number of hydrogen-bond donors (Lipinski definition) is 2. The number of nitrogens with one attached hydrogen (secondary N) is 2. The highest BCUT2D eigenvalue weighted by molar-refractivity contribution is 7.71. The molecule has 0 unspecified atom stereocenters. The number of aromatic amines is 1. The Kier molecular flexibility index (Phi) is 5.90. The summed E-state index contributed by atoms with van der Waals surface area (Å²) in [6, 6.07) is 11.9. The van der Waals surface area contributed by atoms with Gasteiger partial charge in [0, 0.05) is 17.5 Å². The van der Waals surface area contributed by atoms with Crippen LogP contribution in [0.5, 0.6) is 5.75 Å². The van der Waals surface area contributed by atoms with Gasteiger partial charge in [-0.05, 0) is 30.4 Å². The molecule has 5 nitrogen and oxygen atoms in total. The van der Waals surface area contributed by atoms with Crippen molar-refractivity contribution in [2.75, 3.05) is 5.43 Å². The summed E-state index contributed by atoms with van der Waals surface area (Å²) in [6.07, 6.45) is 0.751. The molecule has 0 saturated carbocycles. The van der Waals surface area contributed by atoms with Gasteiger partial charge in [0.1, 0.15) is 18.2 Å². The second-order valence-electron chi connectivity index (χ2n) is 5.60. The normalized spacial score (nSPS) is 10.7. The molecule has 26 heavy (non-hydrogen) atoms. The minimum Gasteiger partial charge on any atom is -0.488 e. The molecule has 0 bridgehead atoms. The maximum Gasteiger partial charge on any atom is 0.214 e. The van der Waals surface area contributed by atoms with Crippen LogP contribution in [-0.4, -0.2) is 14.9 Å². The van der Waals surface area contributed by atoms with Gasteiger partial charge in [-0.1, -0.05) is 42.8 Å². The number of aromatic nitrogens is 3. The number of benzene rings is 2. The predicted octanol–water partition coefficient (Wildman–Crippen LogP) is 4.62. The second-order valence-corrected chi connectivity index (χ2v) is 6.39. The van der Waals surface area contributed by atoms with Crippen LogP contribution in [0.3, 0.4) is 0 Å². The molecule has 1 aromatic heterocycles. The van der Waals surface area contributed by atoms with Gasteiger partial charge in [0.2, 0.25) is 4.77 Å². The lowest BCUT2D eigenvalue weighted by Gasteiger charge is -2.14. The largest absolute Gasteiger partial charge is 0.488 e. The fraction of sp³-hybridized carbons (Fsp3) is 0.222. The van der Waals surface area contributed by atoms with Crippen molar-refractivity contribution in [2.24, 2.45) is 0 Å². The number of nitrogens with zero attached hydrogens (tertiary/aromatic N) is 2. The van der Waals surface area contributed by atoms with Gasteiger partial charge < -0.3 is 10.2 Å². The highest BCUT2D eigenvalue weighted by Gasteiger charge is 2.08. The number of ether oxygens (including phenoxy) is 1. The van der Waals surface area contributed by atoms with Crippen LogP contribution in [-0.2, 0) is 19.6 Å². The molecule has 0 amide bonds. The van der Waals surface area contributed by atoms with Crippen molar-refractivity contribution < 1.29 is 9.13 Å². The molecular formula is C18H18ClFN4OS. The Morgan fingerprint density at radius 3 is 2.85 bits per heavy atom. The molecule has 2 N–H and O–H groups in total. The van der Waals surface area contributed by atoms with Crippen LogP contribution in [0, 0.1) is 10.6 Å². The van der Waals surface area contributed by atoms with E-state index < -0.39 is 0 Å². The van der Waals surface area contributed by atoms with Crippen LogP contribution in [0.1, 0.15) is 23.9 Å². The third kappa shape index (κ3) is 4.23. The lowest BCUT2D eigenvalue weighted by Crippen LogP contribution is -2.17. The summed E-state index contributed by atoms with van der Waals surface area (Å²) >= 11 is 11.3. The molecule has 0 aliphatic carbocycles. The van der Waals surface area contributed by atoms with Gasteiger partial charge in [0.25, 0.3) is 0 Å². The molecule has 0 fully saturated rings. The van der Waals surface area contributed by atoms with E-state index >= 15 is 0 Å².